The van der Waals surface area contributed by atoms with Gasteiger partial charge in [-0.05, 0) is 95.9 Å². The Morgan fingerprint density at radius 3 is 1.40 bits per heavy atom. The minimum Gasteiger partial charge on any atom is -0.550 e. The van der Waals surface area contributed by atoms with Crippen molar-refractivity contribution in [3.05, 3.63) is 136 Å². The number of aromatic amines is 2. The average molecular weight is 1830 g/mol. The first kappa shape index (κ1) is 139. The first-order valence-corrected chi connectivity index (χ1v) is 39.6. The van der Waals surface area contributed by atoms with Crippen molar-refractivity contribution in [3.8, 4) is 6.07 Å². The van der Waals surface area contributed by atoms with Gasteiger partial charge in [0, 0.05) is 163 Å². The van der Waals surface area contributed by atoms with Crippen LogP contribution in [0.4, 0.5) is 17.6 Å². The Labute approximate surface area is 745 Å². The van der Waals surface area contributed by atoms with Crippen molar-refractivity contribution in [1.29, 1.82) is 5.26 Å². The van der Waals surface area contributed by atoms with Crippen molar-refractivity contribution in [1.82, 2.24) is 89.1 Å². The monoisotopic (exact) mass is 1830 g/mol. The number of nitrogens with one attached hydrogen (secondary N) is 2. The number of carbonyl (C=O) groups excluding carboxylic acids is 5. The number of hydrogen-bond donors (Lipinski definition) is 4. The Balaban J connectivity index is -0.0000000959. The number of hydrogen-bond acceptors (Lipinski definition) is 27. The fourth-order valence-corrected chi connectivity index (χ4v) is 6.89. The molecule has 0 saturated heterocycles. The predicted molar refractivity (Wildman–Crippen MR) is 462 cm³/mol. The number of esters is 2. The number of alkyl halides is 6. The number of imidazole rings is 2. The second-order valence-electron chi connectivity index (χ2n) is 19.3. The van der Waals surface area contributed by atoms with Crippen molar-refractivity contribution in [2.75, 3.05) is 113 Å². The molecule has 0 fully saturated rings. The number of aromatic nitrogens is 17. The summed E-state index contributed by atoms with van der Waals surface area (Å²) in [5.74, 6) is -0.911. The molecule has 9 aromatic rings. The molecule has 2 aromatic carbocycles. The number of H-pyrrole nitrogens is 2. The second kappa shape index (κ2) is 102. The number of aryl methyl sites for hydroxylation is 7. The molecule has 0 aliphatic rings. The van der Waals surface area contributed by atoms with E-state index >= 15 is 0 Å². The molecule has 7 heterocycles. The maximum absolute atomic E-state index is 12.5. The summed E-state index contributed by atoms with van der Waals surface area (Å²) in [7, 11) is 17.1. The molecule has 0 radical (unpaired) electrons. The zero-order chi connectivity index (χ0) is 95.5. The molecule has 684 valence electrons. The number of nitro groups is 1. The van der Waals surface area contributed by atoms with Crippen LogP contribution in [-0.4, -0.2) is 254 Å². The number of nitrogens with zero attached hydrogens (tertiary/aromatic N) is 18. The first-order valence-electron chi connectivity index (χ1n) is 36.3. The first-order chi connectivity index (χ1) is 56.5. The molecule has 0 aliphatic carbocycles. The zero-order valence-corrected chi connectivity index (χ0v) is 81.6. The molecule has 9 rings (SSSR count). The molecular formula is C75H134BrClF4N21NaO16S. The summed E-state index contributed by atoms with van der Waals surface area (Å²) in [6, 6.07) is 15.5. The van der Waals surface area contributed by atoms with Crippen molar-refractivity contribution >= 4 is 97.1 Å². The second-order valence-corrected chi connectivity index (χ2v) is 20.4. The van der Waals surface area contributed by atoms with Gasteiger partial charge in [0.25, 0.3) is 5.91 Å². The minimum atomic E-state index is -4.00. The van der Waals surface area contributed by atoms with Crippen molar-refractivity contribution in [3.63, 3.8) is 0 Å². The Kier molecular flexibility index (Phi) is 119. The molecule has 0 spiro atoms. The molecule has 7 aromatic heterocycles. The van der Waals surface area contributed by atoms with E-state index in [1.54, 1.807) is 131 Å². The van der Waals surface area contributed by atoms with Gasteiger partial charge in [0.1, 0.15) is 28.4 Å². The van der Waals surface area contributed by atoms with Gasteiger partial charge < -0.3 is 63.2 Å². The molecule has 0 bridgehead atoms. The molecule has 0 aliphatic heterocycles. The Bertz CT molecular complexity index is 3690. The molecule has 0 atom stereocenters. The van der Waals surface area contributed by atoms with Gasteiger partial charge in [-0.15, -0.1) is 16.7 Å². The maximum atomic E-state index is 12.5. The standard InChI is InChI=1S/C13H18N4O3.C10H14N2O4.C7H5N3O2.C7H13N3OS.C6H10N2.2C4H6N2.C2H3F3.C2H5NO.C2H3N.C2H4O2.C2H6O.5C2H6.CH3Br.CH3Cl.CH3F.CH3NO2.Na/c1-19-7-5-17(6-8-20-2)13(18)10-3-4-11-12(9-10)15-16-14-11;1-4-15-9(13)7-8(10(14)16-5-2)12(3)6-11-7;11-7(12)4-1-2-5-6(3-4)9-10-8-5;1-3-11-4-5-12-7-8-6-10(2)9-7;1-5-4-6(2)8(3)7-5;1-6-3-2-5-4-6;1-6-4-2-3-5-6;1-2(3,4)5;1-2(3)4;1-2-3;1-2(3)4;1-3-2;8*1-2;1-2(3)4;/h3-4,9H,5-8H2,1-2H3,(H,14,15,16);6H,4-5H2,1-3H3;1-3H,(H,11,12)(H,8,9,10);6H,3-5H2,1-2H3;4H,1-3H3;2*2-4H,1H3;1H3;1H3,(H2,3,4);1H3;1H3,(H,3,4);1-2H3;5*1-2H3;3*1H3;1H3;/q;;;;;;;;;;;;;;;;;;;;;+1/p-1. The quantitative estimate of drug-likeness (QED) is 0.00962. The van der Waals surface area contributed by atoms with Crippen LogP contribution in [0, 0.1) is 35.3 Å². The number of thioether (sulfide) groups is 1. The van der Waals surface area contributed by atoms with Gasteiger partial charge in [0.2, 0.25) is 11.1 Å². The topological polar surface area (TPSA) is 482 Å². The number of carboxylic acids is 2. The van der Waals surface area contributed by atoms with Crippen LogP contribution in [0.2, 0.25) is 0 Å². The Hall–Kier alpha value is -9.39. The SMILES string of the molecule is CBr.CC.CC.CC.CC.CC.CC#N.CC(=O)[O-].CC(F)(F)F.CC(N)=O.CCOC(=O)c1ncn(C)c1C(=O)OCC.CCOCCSc1ncn(C)n1.CCl.CF.COC.COCCN(CCOC)C(=O)c1ccc2n[nH]nc2c1.C[N+](=O)[O-].Cc1cc(C)n(C)n1.Cn1cccn1.Cn1ccnc1.O=C(O)c1ccc2n[nH]nc2c1.[Na+]. The van der Waals surface area contributed by atoms with E-state index in [1.807, 2.05) is 152 Å². The Morgan fingerprint density at radius 1 is 0.700 bits per heavy atom. The van der Waals surface area contributed by atoms with Crippen LogP contribution in [-0.2, 0) is 73.2 Å². The van der Waals surface area contributed by atoms with E-state index in [1.165, 1.54) is 49.0 Å². The molecular weight excluding hydrogens is 1700 g/mol. The summed E-state index contributed by atoms with van der Waals surface area (Å²) in [5.41, 5.74) is 10.3. The summed E-state index contributed by atoms with van der Waals surface area (Å²) in [6.45, 7) is 37.3. The molecule has 0 saturated carbocycles. The third kappa shape index (κ3) is 92.5. The van der Waals surface area contributed by atoms with E-state index in [4.69, 9.17) is 54.1 Å². The molecule has 45 heteroatoms. The van der Waals surface area contributed by atoms with E-state index in [-0.39, 0.29) is 78.5 Å². The van der Waals surface area contributed by atoms with Crippen LogP contribution in [0.25, 0.3) is 22.1 Å². The van der Waals surface area contributed by atoms with Gasteiger partial charge in [-0.1, -0.05) is 96.9 Å². The number of nitriles is 1. The van der Waals surface area contributed by atoms with E-state index < -0.39 is 35.0 Å². The predicted octanol–water partition coefficient (Wildman–Crippen LogP) is 10.0. The summed E-state index contributed by atoms with van der Waals surface area (Å²) in [5, 5.41) is 67.0. The van der Waals surface area contributed by atoms with Gasteiger partial charge >= 0.3 is 53.6 Å². The number of halogens is 6. The van der Waals surface area contributed by atoms with Crippen LogP contribution in [0.3, 0.4) is 0 Å². The van der Waals surface area contributed by atoms with E-state index in [0.29, 0.717) is 55.6 Å². The summed E-state index contributed by atoms with van der Waals surface area (Å²) < 4.78 is 78.3. The number of aromatic carboxylic acids is 1. The Morgan fingerprint density at radius 2 is 1.11 bits per heavy atom. The number of rotatable bonds is 17. The van der Waals surface area contributed by atoms with Gasteiger partial charge in [0.05, 0.1) is 70.2 Å². The number of benzene rings is 2. The van der Waals surface area contributed by atoms with E-state index in [9.17, 15) is 41.5 Å². The minimum absolute atomic E-state index is 0. The summed E-state index contributed by atoms with van der Waals surface area (Å²) in [4.78, 5) is 85.8. The van der Waals surface area contributed by atoms with E-state index in [0.717, 1.165) is 49.3 Å². The number of methoxy groups -OCH3 is 3. The maximum Gasteiger partial charge on any atom is 1.00 e. The van der Waals surface area contributed by atoms with Crippen LogP contribution < -0.4 is 40.4 Å². The number of carboxylic acid groups (broad SMARTS) is 2. The van der Waals surface area contributed by atoms with E-state index in [2.05, 4.69) is 105 Å². The average Bonchev–Trinajstić information content (AvgIpc) is 1.71. The van der Waals surface area contributed by atoms with Gasteiger partial charge in [-0.2, -0.15) is 59.5 Å². The largest absolute Gasteiger partial charge is 1.00 e. The van der Waals surface area contributed by atoms with Crippen molar-refractivity contribution in [2.24, 2.45) is 41.0 Å². The number of fused-ring (bicyclic) bond motifs is 2. The third-order valence-corrected chi connectivity index (χ3v) is 11.0. The third-order valence-electron chi connectivity index (χ3n) is 10.2. The molecule has 2 amide bonds. The summed E-state index contributed by atoms with van der Waals surface area (Å²) in [6.07, 6.45) is 9.57. The fraction of sp³-hybridized carbons (Fsp3) is 0.560. The van der Waals surface area contributed by atoms with Crippen LogP contribution >= 0.6 is 39.3 Å². The zero-order valence-electron chi connectivity index (χ0n) is 76.4. The van der Waals surface area contributed by atoms with Crippen LogP contribution in [0.5, 0.6) is 0 Å². The molecule has 0 unspecified atom stereocenters. The number of carbonyl (C=O) groups is 6. The molecule has 37 nitrogen and oxygen atoms in total. The number of ether oxygens (including phenoxy) is 6. The smallest absolute Gasteiger partial charge is 0.550 e. The molecule has 5 N–H and O–H groups in total. The number of aliphatic carboxylic acids is 1. The molecule has 120 heavy (non-hydrogen) atoms. The van der Waals surface area contributed by atoms with Crippen LogP contribution in [0.15, 0.2) is 97.5 Å². The van der Waals surface area contributed by atoms with Gasteiger partial charge in [-0.3, -0.25) is 38.1 Å². The van der Waals surface area contributed by atoms with Gasteiger partial charge in [-0.25, -0.2) is 29.3 Å². The number of amides is 2. The fourth-order valence-electron chi connectivity index (χ4n) is 6.20. The number of nitrogens with two attached hydrogens (primary N) is 1. The van der Waals surface area contributed by atoms with Crippen molar-refractivity contribution in [2.45, 2.75) is 143 Å². The summed E-state index contributed by atoms with van der Waals surface area (Å²) >= 11 is 9.19. The normalized spacial score (nSPS) is 8.51. The van der Waals surface area contributed by atoms with Crippen molar-refractivity contribution < 1.29 is 119 Å². The number of primary amides is 1. The van der Waals surface area contributed by atoms with Gasteiger partial charge in [0.15, 0.2) is 18.4 Å². The van der Waals surface area contributed by atoms with Crippen LogP contribution in [0.1, 0.15) is 171 Å².